The first-order chi connectivity index (χ1) is 25.3. The Kier molecular flexibility index (Phi) is 15.1. The van der Waals surface area contributed by atoms with E-state index < -0.39 is 5.66 Å². The summed E-state index contributed by atoms with van der Waals surface area (Å²) >= 11 is 1.84. The van der Waals surface area contributed by atoms with E-state index in [1.165, 1.54) is 48.0 Å². The zero-order chi connectivity index (χ0) is 36.8. The van der Waals surface area contributed by atoms with Crippen molar-refractivity contribution in [2.24, 2.45) is 11.5 Å². The minimum Gasteiger partial charge on any atom is -0.306 e. The maximum absolute atomic E-state index is 6.53. The van der Waals surface area contributed by atoms with E-state index in [4.69, 9.17) is 11.5 Å². The summed E-state index contributed by atoms with van der Waals surface area (Å²) in [5.41, 5.74) is 21.4. The predicted octanol–water partition coefficient (Wildman–Crippen LogP) is 13.2. The summed E-state index contributed by atoms with van der Waals surface area (Å²) < 4.78 is 2.61. The molecule has 7 aromatic carbocycles. The predicted molar refractivity (Wildman–Crippen MR) is 235 cm³/mol. The van der Waals surface area contributed by atoms with Crippen LogP contribution in [0.5, 0.6) is 0 Å². The van der Waals surface area contributed by atoms with Crippen LogP contribution in [-0.4, -0.2) is 0 Å². The standard InChI is InChI=1S/C28H24N2S.3C7H8.CH4/c1-2-8-19-17-24(27-23-11-6-7-12-25(23)31-26(27)18-19)20-13-15-22(16-14-20)28(29,30)21-9-4-3-5-10-21;3*1-7-5-3-2-4-6-7;/h2-7,9-18H,1,8,29-30H2;3*2-6H,1H3;1H4. The number of benzene rings is 7. The van der Waals surface area contributed by atoms with Gasteiger partial charge in [0, 0.05) is 20.2 Å². The Morgan fingerprint density at radius 1 is 0.528 bits per heavy atom. The van der Waals surface area contributed by atoms with Gasteiger partial charge in [-0.25, -0.2) is 0 Å². The van der Waals surface area contributed by atoms with E-state index >= 15 is 0 Å². The summed E-state index contributed by atoms with van der Waals surface area (Å²) in [4.78, 5) is 0. The Balaban J connectivity index is 0.000000229. The molecular weight excluding hydrogens is 661 g/mol. The molecule has 0 unspecified atom stereocenters. The van der Waals surface area contributed by atoms with Crippen LogP contribution in [0, 0.1) is 20.8 Å². The first-order valence-corrected chi connectivity index (χ1v) is 18.4. The van der Waals surface area contributed by atoms with Crippen LogP contribution in [0.15, 0.2) is 195 Å². The van der Waals surface area contributed by atoms with E-state index in [0.717, 1.165) is 23.1 Å². The van der Waals surface area contributed by atoms with Gasteiger partial charge in [0.25, 0.3) is 0 Å². The third kappa shape index (κ3) is 11.2. The lowest BCUT2D eigenvalue weighted by Gasteiger charge is -2.26. The van der Waals surface area contributed by atoms with Gasteiger partial charge in [-0.15, -0.1) is 17.9 Å². The lowest BCUT2D eigenvalue weighted by Crippen LogP contribution is -2.47. The molecule has 0 radical (unpaired) electrons. The van der Waals surface area contributed by atoms with Gasteiger partial charge in [-0.3, -0.25) is 0 Å². The third-order valence-electron chi connectivity index (χ3n) is 8.66. The second kappa shape index (κ2) is 19.9. The van der Waals surface area contributed by atoms with E-state index in [1.807, 2.05) is 114 Å². The van der Waals surface area contributed by atoms with Crippen LogP contribution < -0.4 is 11.5 Å². The van der Waals surface area contributed by atoms with E-state index in [2.05, 4.69) is 112 Å². The van der Waals surface area contributed by atoms with Gasteiger partial charge in [0.2, 0.25) is 0 Å². The molecule has 0 spiro atoms. The highest BCUT2D eigenvalue weighted by Crippen LogP contribution is 2.41. The zero-order valence-corrected chi connectivity index (χ0v) is 31.2. The molecule has 53 heavy (non-hydrogen) atoms. The van der Waals surface area contributed by atoms with Crippen LogP contribution in [-0.2, 0) is 12.1 Å². The zero-order valence-electron chi connectivity index (χ0n) is 30.4. The van der Waals surface area contributed by atoms with Gasteiger partial charge in [0.15, 0.2) is 0 Å². The second-order valence-electron chi connectivity index (χ2n) is 12.9. The Labute approximate surface area is 321 Å². The molecule has 0 amide bonds. The fourth-order valence-electron chi connectivity index (χ4n) is 5.83. The Morgan fingerprint density at radius 2 is 0.962 bits per heavy atom. The lowest BCUT2D eigenvalue weighted by atomic mass is 9.90. The van der Waals surface area contributed by atoms with Crippen LogP contribution in [0.3, 0.4) is 0 Å². The topological polar surface area (TPSA) is 52.0 Å². The molecule has 0 fully saturated rings. The van der Waals surface area contributed by atoms with Gasteiger partial charge in [0.1, 0.15) is 5.66 Å². The molecule has 0 aliphatic rings. The SMILES string of the molecule is C.C=CCc1cc(-c2ccc(C(N)(N)c3ccccc3)cc2)c2c(c1)sc1ccccc12.Cc1ccccc1.Cc1ccccc1.Cc1ccccc1. The summed E-state index contributed by atoms with van der Waals surface area (Å²) in [5, 5.41) is 2.60. The molecule has 8 aromatic rings. The lowest BCUT2D eigenvalue weighted by molar-refractivity contribution is 0.568. The van der Waals surface area contributed by atoms with Gasteiger partial charge in [0.05, 0.1) is 0 Å². The number of allylic oxidation sites excluding steroid dienone is 1. The average Bonchev–Trinajstić information content (AvgIpc) is 3.55. The largest absolute Gasteiger partial charge is 0.306 e. The number of thiophene rings is 1. The number of aryl methyl sites for hydroxylation is 3. The molecule has 1 aromatic heterocycles. The number of nitrogens with two attached hydrogens (primary N) is 2. The van der Waals surface area contributed by atoms with Crippen molar-refractivity contribution in [1.29, 1.82) is 0 Å². The van der Waals surface area contributed by atoms with Gasteiger partial charge in [-0.1, -0.05) is 200 Å². The van der Waals surface area contributed by atoms with E-state index in [0.29, 0.717) is 0 Å². The molecule has 8 rings (SSSR count). The third-order valence-corrected chi connectivity index (χ3v) is 9.78. The van der Waals surface area contributed by atoms with Crippen molar-refractivity contribution in [3.8, 4) is 11.1 Å². The van der Waals surface area contributed by atoms with Crippen molar-refractivity contribution < 1.29 is 0 Å². The summed E-state index contributed by atoms with van der Waals surface area (Å²) in [6.45, 7) is 10.2. The number of fused-ring (bicyclic) bond motifs is 3. The Hall–Kier alpha value is -5.58. The molecule has 0 aliphatic heterocycles. The smallest absolute Gasteiger partial charge is 0.116 e. The molecule has 3 heteroatoms. The Morgan fingerprint density at radius 3 is 1.42 bits per heavy atom. The van der Waals surface area contributed by atoms with E-state index in [1.54, 1.807) is 0 Å². The maximum Gasteiger partial charge on any atom is 0.116 e. The van der Waals surface area contributed by atoms with Crippen LogP contribution in [0.2, 0.25) is 0 Å². The maximum atomic E-state index is 6.53. The van der Waals surface area contributed by atoms with Crippen LogP contribution >= 0.6 is 11.3 Å². The molecule has 0 aliphatic carbocycles. The minimum atomic E-state index is -1.03. The van der Waals surface area contributed by atoms with Gasteiger partial charge >= 0.3 is 0 Å². The number of hydrogen-bond donors (Lipinski definition) is 2. The molecule has 4 N–H and O–H groups in total. The monoisotopic (exact) mass is 712 g/mol. The first kappa shape index (κ1) is 40.2. The van der Waals surface area contributed by atoms with Crippen molar-refractivity contribution in [3.05, 3.63) is 228 Å². The average molecular weight is 713 g/mol. The molecule has 0 saturated carbocycles. The summed E-state index contributed by atoms with van der Waals surface area (Å²) in [6.07, 6.45) is 2.80. The van der Waals surface area contributed by atoms with Gasteiger partial charge in [-0.2, -0.15) is 0 Å². The van der Waals surface area contributed by atoms with Crippen LogP contribution in [0.1, 0.15) is 40.8 Å². The molecular formula is C50H52N2S. The molecule has 0 saturated heterocycles. The Bertz CT molecular complexity index is 2170. The quantitative estimate of drug-likeness (QED) is 0.138. The van der Waals surface area contributed by atoms with Crippen LogP contribution in [0.25, 0.3) is 31.3 Å². The molecule has 1 heterocycles. The minimum absolute atomic E-state index is 0. The fraction of sp³-hybridized carbons (Fsp3) is 0.120. The van der Waals surface area contributed by atoms with Crippen LogP contribution in [0.4, 0.5) is 0 Å². The summed E-state index contributed by atoms with van der Waals surface area (Å²) in [6, 6.07) is 62.1. The van der Waals surface area contributed by atoms with E-state index in [-0.39, 0.29) is 7.43 Å². The fourth-order valence-corrected chi connectivity index (χ4v) is 7.03. The highest BCUT2D eigenvalue weighted by Gasteiger charge is 2.24. The normalized spacial score (nSPS) is 10.4. The first-order valence-electron chi connectivity index (χ1n) is 17.6. The van der Waals surface area contributed by atoms with Crippen molar-refractivity contribution in [1.82, 2.24) is 0 Å². The summed E-state index contributed by atoms with van der Waals surface area (Å²) in [7, 11) is 0. The van der Waals surface area contributed by atoms with Crippen molar-refractivity contribution >= 4 is 31.5 Å². The van der Waals surface area contributed by atoms with E-state index in [9.17, 15) is 0 Å². The molecule has 2 nitrogen and oxygen atoms in total. The second-order valence-corrected chi connectivity index (χ2v) is 14.0. The van der Waals surface area contributed by atoms with Crippen molar-refractivity contribution in [2.45, 2.75) is 40.3 Å². The number of rotatable bonds is 5. The summed E-state index contributed by atoms with van der Waals surface area (Å²) in [5.74, 6) is 0. The molecule has 0 atom stereocenters. The molecule has 268 valence electrons. The highest BCUT2D eigenvalue weighted by atomic mass is 32.1. The highest BCUT2D eigenvalue weighted by molar-refractivity contribution is 7.26. The molecule has 0 bridgehead atoms. The van der Waals surface area contributed by atoms with Gasteiger partial charge in [-0.05, 0) is 67.1 Å². The van der Waals surface area contributed by atoms with Crippen molar-refractivity contribution in [2.75, 3.05) is 0 Å². The van der Waals surface area contributed by atoms with Gasteiger partial charge < -0.3 is 11.5 Å². The number of hydrogen-bond acceptors (Lipinski definition) is 3. The van der Waals surface area contributed by atoms with Crippen molar-refractivity contribution in [3.63, 3.8) is 0 Å².